The van der Waals surface area contributed by atoms with Crippen molar-refractivity contribution in [2.75, 3.05) is 16.8 Å². The molecule has 1 aliphatic heterocycles. The number of para-hydroxylation sites is 1. The summed E-state index contributed by atoms with van der Waals surface area (Å²) in [7, 11) is 0. The summed E-state index contributed by atoms with van der Waals surface area (Å²) in [5.41, 5.74) is 4.09. The third kappa shape index (κ3) is 5.70. The average molecular weight is 518 g/mol. The number of barbiturate groups is 1. The van der Waals surface area contributed by atoms with E-state index in [2.05, 4.69) is 10.6 Å². The number of amides is 5. The molecule has 0 aromatic heterocycles. The monoisotopic (exact) mass is 517 g/mol. The fourth-order valence-electron chi connectivity index (χ4n) is 3.69. The van der Waals surface area contributed by atoms with Gasteiger partial charge in [-0.3, -0.25) is 19.7 Å². The summed E-state index contributed by atoms with van der Waals surface area (Å²) < 4.78 is 5.54. The zero-order chi connectivity index (χ0) is 26.7. The Hall–Kier alpha value is -4.43. The smallest absolute Gasteiger partial charge is 0.335 e. The number of rotatable bonds is 6. The van der Waals surface area contributed by atoms with Gasteiger partial charge in [-0.2, -0.15) is 0 Å². The van der Waals surface area contributed by atoms with Crippen molar-refractivity contribution in [3.8, 4) is 5.75 Å². The van der Waals surface area contributed by atoms with Gasteiger partial charge in [0.2, 0.25) is 0 Å². The van der Waals surface area contributed by atoms with Crippen molar-refractivity contribution in [1.29, 1.82) is 0 Å². The second kappa shape index (κ2) is 10.7. The normalized spacial score (nSPS) is 14.5. The molecule has 0 bridgehead atoms. The van der Waals surface area contributed by atoms with Crippen LogP contribution in [0.3, 0.4) is 0 Å². The summed E-state index contributed by atoms with van der Waals surface area (Å²) in [6, 6.07) is 16.3. The summed E-state index contributed by atoms with van der Waals surface area (Å²) in [5.74, 6) is -1.65. The van der Waals surface area contributed by atoms with Crippen molar-refractivity contribution in [1.82, 2.24) is 5.32 Å². The molecule has 0 spiro atoms. The molecule has 3 aromatic rings. The van der Waals surface area contributed by atoms with Crippen LogP contribution in [0.5, 0.6) is 5.75 Å². The first-order valence-electron chi connectivity index (χ1n) is 11.4. The quantitative estimate of drug-likeness (QED) is 0.355. The number of nitrogens with one attached hydrogen (secondary N) is 2. The van der Waals surface area contributed by atoms with Crippen LogP contribution in [0, 0.1) is 20.8 Å². The fourth-order valence-corrected chi connectivity index (χ4v) is 3.93. The van der Waals surface area contributed by atoms with Crippen molar-refractivity contribution in [3.05, 3.63) is 93.5 Å². The van der Waals surface area contributed by atoms with E-state index in [1.54, 1.807) is 30.3 Å². The molecular weight excluding hydrogens is 494 g/mol. The van der Waals surface area contributed by atoms with Crippen LogP contribution in [0.1, 0.15) is 22.3 Å². The van der Waals surface area contributed by atoms with Crippen LogP contribution in [-0.4, -0.2) is 30.4 Å². The van der Waals surface area contributed by atoms with Crippen LogP contribution in [0.2, 0.25) is 5.02 Å². The SMILES string of the molecule is Cc1ccc(N2C(=O)NC(=O)/C(=C/c3ccc(OCC(=O)Nc4ccccc4C)c(Cl)c3)C2=O)cc1C. The number of carbonyl (C=O) groups is 4. The molecule has 1 heterocycles. The van der Waals surface area contributed by atoms with Gasteiger partial charge < -0.3 is 10.1 Å². The highest BCUT2D eigenvalue weighted by Gasteiger charge is 2.36. The highest BCUT2D eigenvalue weighted by Crippen LogP contribution is 2.28. The molecule has 9 heteroatoms. The van der Waals surface area contributed by atoms with E-state index in [1.165, 1.54) is 18.2 Å². The van der Waals surface area contributed by atoms with Gasteiger partial charge in [-0.25, -0.2) is 9.69 Å². The number of ether oxygens (including phenoxy) is 1. The fraction of sp³-hybridized carbons (Fsp3) is 0.143. The van der Waals surface area contributed by atoms with Crippen LogP contribution >= 0.6 is 11.6 Å². The number of nitrogens with zero attached hydrogens (tertiary/aromatic N) is 1. The maximum absolute atomic E-state index is 13.1. The zero-order valence-corrected chi connectivity index (χ0v) is 21.2. The van der Waals surface area contributed by atoms with Gasteiger partial charge >= 0.3 is 6.03 Å². The van der Waals surface area contributed by atoms with Gasteiger partial charge in [0.25, 0.3) is 17.7 Å². The van der Waals surface area contributed by atoms with Crippen LogP contribution < -0.4 is 20.3 Å². The predicted molar refractivity (Wildman–Crippen MR) is 142 cm³/mol. The van der Waals surface area contributed by atoms with E-state index in [9.17, 15) is 19.2 Å². The van der Waals surface area contributed by atoms with Crippen molar-refractivity contribution in [2.45, 2.75) is 20.8 Å². The summed E-state index contributed by atoms with van der Waals surface area (Å²) in [6.45, 7) is 5.40. The van der Waals surface area contributed by atoms with Crippen molar-refractivity contribution in [3.63, 3.8) is 0 Å². The minimum Gasteiger partial charge on any atom is -0.482 e. The van der Waals surface area contributed by atoms with Gasteiger partial charge in [0.15, 0.2) is 6.61 Å². The van der Waals surface area contributed by atoms with E-state index in [4.69, 9.17) is 16.3 Å². The minimum atomic E-state index is -0.818. The maximum Gasteiger partial charge on any atom is 0.335 e. The molecule has 37 heavy (non-hydrogen) atoms. The topological polar surface area (TPSA) is 105 Å². The van der Waals surface area contributed by atoms with Crippen LogP contribution in [-0.2, 0) is 14.4 Å². The molecule has 0 unspecified atom stereocenters. The van der Waals surface area contributed by atoms with E-state index in [1.807, 2.05) is 39.0 Å². The molecule has 2 N–H and O–H groups in total. The molecular formula is C28H24ClN3O5. The lowest BCUT2D eigenvalue weighted by molar-refractivity contribution is -0.122. The number of aryl methyl sites for hydroxylation is 3. The molecule has 5 amide bonds. The Labute approximate surface area is 218 Å². The average Bonchev–Trinajstić information content (AvgIpc) is 2.84. The Morgan fingerprint density at radius 1 is 0.973 bits per heavy atom. The van der Waals surface area contributed by atoms with Crippen LogP contribution in [0.4, 0.5) is 16.2 Å². The highest BCUT2D eigenvalue weighted by atomic mass is 35.5. The van der Waals surface area contributed by atoms with Crippen LogP contribution in [0.25, 0.3) is 6.08 Å². The van der Waals surface area contributed by atoms with E-state index < -0.39 is 17.8 Å². The summed E-state index contributed by atoms with van der Waals surface area (Å²) in [4.78, 5) is 51.2. The Morgan fingerprint density at radius 2 is 1.73 bits per heavy atom. The van der Waals surface area contributed by atoms with E-state index in [0.29, 0.717) is 16.9 Å². The lowest BCUT2D eigenvalue weighted by Crippen LogP contribution is -2.54. The first kappa shape index (κ1) is 25.7. The number of hydrogen-bond acceptors (Lipinski definition) is 5. The third-order valence-corrected chi connectivity index (χ3v) is 6.19. The van der Waals surface area contributed by atoms with Crippen molar-refractivity contribution in [2.24, 2.45) is 0 Å². The second-order valence-corrected chi connectivity index (χ2v) is 8.98. The number of hydrogen-bond donors (Lipinski definition) is 2. The lowest BCUT2D eigenvalue weighted by atomic mass is 10.0. The summed E-state index contributed by atoms with van der Waals surface area (Å²) in [6.07, 6.45) is 1.35. The second-order valence-electron chi connectivity index (χ2n) is 8.57. The molecule has 0 atom stereocenters. The van der Waals surface area contributed by atoms with E-state index in [-0.39, 0.29) is 28.9 Å². The van der Waals surface area contributed by atoms with Crippen molar-refractivity contribution < 1.29 is 23.9 Å². The van der Waals surface area contributed by atoms with Gasteiger partial charge in [0.05, 0.1) is 10.7 Å². The van der Waals surface area contributed by atoms with Crippen LogP contribution in [0.15, 0.2) is 66.2 Å². The number of carbonyl (C=O) groups excluding carboxylic acids is 4. The number of urea groups is 1. The molecule has 0 radical (unpaired) electrons. The first-order chi connectivity index (χ1) is 17.6. The van der Waals surface area contributed by atoms with E-state index >= 15 is 0 Å². The molecule has 3 aromatic carbocycles. The summed E-state index contributed by atoms with van der Waals surface area (Å²) >= 11 is 6.33. The lowest BCUT2D eigenvalue weighted by Gasteiger charge is -2.26. The van der Waals surface area contributed by atoms with Gasteiger partial charge in [-0.15, -0.1) is 0 Å². The van der Waals surface area contributed by atoms with Gasteiger partial charge in [-0.05, 0) is 79.4 Å². The number of anilines is 2. The Morgan fingerprint density at radius 3 is 2.43 bits per heavy atom. The molecule has 0 aliphatic carbocycles. The highest BCUT2D eigenvalue weighted by molar-refractivity contribution is 6.39. The van der Waals surface area contributed by atoms with Crippen molar-refractivity contribution >= 4 is 52.8 Å². The third-order valence-electron chi connectivity index (χ3n) is 5.90. The summed E-state index contributed by atoms with van der Waals surface area (Å²) in [5, 5.41) is 5.16. The molecule has 1 saturated heterocycles. The Kier molecular flexibility index (Phi) is 7.40. The zero-order valence-electron chi connectivity index (χ0n) is 20.4. The predicted octanol–water partition coefficient (Wildman–Crippen LogP) is 4.95. The number of halogens is 1. The first-order valence-corrected chi connectivity index (χ1v) is 11.8. The minimum absolute atomic E-state index is 0.184. The molecule has 8 nitrogen and oxygen atoms in total. The van der Waals surface area contributed by atoms with E-state index in [0.717, 1.165) is 21.6 Å². The molecule has 1 fully saturated rings. The number of benzene rings is 3. The maximum atomic E-state index is 13.1. The Balaban J connectivity index is 1.49. The molecule has 1 aliphatic rings. The molecule has 4 rings (SSSR count). The Bertz CT molecular complexity index is 1460. The van der Waals surface area contributed by atoms with Gasteiger partial charge in [-0.1, -0.05) is 41.9 Å². The van der Waals surface area contributed by atoms with Gasteiger partial charge in [0.1, 0.15) is 11.3 Å². The number of imide groups is 2. The molecule has 188 valence electrons. The molecule has 0 saturated carbocycles. The largest absolute Gasteiger partial charge is 0.482 e. The standard InChI is InChI=1S/C28H24ClN3O5/c1-16-8-10-20(12-18(16)3)32-27(35)21(26(34)31-28(32)36)13-19-9-11-24(22(29)14-19)37-15-25(33)30-23-7-5-4-6-17(23)2/h4-14H,15H2,1-3H3,(H,30,33)(H,31,34,36)/b21-13-. The van der Waals surface area contributed by atoms with Gasteiger partial charge in [0, 0.05) is 5.69 Å².